The van der Waals surface area contributed by atoms with Crippen LogP contribution < -0.4 is 15.0 Å². The van der Waals surface area contributed by atoms with Crippen molar-refractivity contribution in [2.24, 2.45) is 0 Å². The molecule has 148 valence electrons. The van der Waals surface area contributed by atoms with Crippen LogP contribution in [0.1, 0.15) is 0 Å². The Morgan fingerprint density at radius 2 is 1.86 bits per heavy atom. The Hall–Kier alpha value is -3.16. The molecule has 7 heteroatoms. The van der Waals surface area contributed by atoms with E-state index in [1.807, 2.05) is 60.0 Å². The van der Waals surface area contributed by atoms with Gasteiger partial charge in [0.25, 0.3) is 5.56 Å². The quantitative estimate of drug-likeness (QED) is 0.506. The van der Waals surface area contributed by atoms with Crippen LogP contribution in [-0.2, 0) is 6.54 Å². The molecule has 0 fully saturated rings. The average Bonchev–Trinajstić information content (AvgIpc) is 3.20. The number of hydrogen-bond donors (Lipinski definition) is 1. The highest BCUT2D eigenvalue weighted by Crippen LogP contribution is 2.31. The van der Waals surface area contributed by atoms with Gasteiger partial charge in [-0.3, -0.25) is 9.36 Å². The summed E-state index contributed by atoms with van der Waals surface area (Å²) in [6.45, 7) is 0.190. The van der Waals surface area contributed by atoms with E-state index in [1.54, 1.807) is 7.11 Å². The predicted molar refractivity (Wildman–Crippen MR) is 114 cm³/mol. The molecule has 2 aromatic carbocycles. The van der Waals surface area contributed by atoms with Gasteiger partial charge in [-0.2, -0.15) is 0 Å². The first-order valence-corrected chi connectivity index (χ1v) is 10.0. The van der Waals surface area contributed by atoms with E-state index in [1.165, 1.54) is 22.2 Å². The summed E-state index contributed by atoms with van der Waals surface area (Å²) in [5.74, 6) is 1.43. The summed E-state index contributed by atoms with van der Waals surface area (Å²) in [6, 6.07) is 16.8. The van der Waals surface area contributed by atoms with E-state index < -0.39 is 6.10 Å². The number of nitrogens with zero attached hydrogens (tertiary/aromatic N) is 2. The fourth-order valence-electron chi connectivity index (χ4n) is 3.07. The fourth-order valence-corrected chi connectivity index (χ4v) is 3.98. The number of methoxy groups -OCH3 is 1. The lowest BCUT2D eigenvalue weighted by molar-refractivity contribution is 0.0915. The summed E-state index contributed by atoms with van der Waals surface area (Å²) in [5, 5.41) is 12.8. The zero-order valence-electron chi connectivity index (χ0n) is 15.8. The van der Waals surface area contributed by atoms with Crippen LogP contribution in [0.15, 0.2) is 71.1 Å². The van der Waals surface area contributed by atoms with E-state index in [0.717, 1.165) is 16.9 Å². The lowest BCUT2D eigenvalue weighted by atomic mass is 10.1. The van der Waals surface area contributed by atoms with E-state index in [-0.39, 0.29) is 18.7 Å². The van der Waals surface area contributed by atoms with Gasteiger partial charge >= 0.3 is 0 Å². The van der Waals surface area contributed by atoms with E-state index in [2.05, 4.69) is 4.98 Å². The van der Waals surface area contributed by atoms with Crippen molar-refractivity contribution in [3.8, 4) is 22.6 Å². The molecule has 0 aliphatic heterocycles. The number of aliphatic hydroxyl groups is 1. The minimum absolute atomic E-state index is 0.0868. The maximum Gasteiger partial charge on any atom is 0.262 e. The maximum atomic E-state index is 13.1. The Kier molecular flexibility index (Phi) is 5.59. The molecule has 1 N–H and O–H groups in total. The smallest absolute Gasteiger partial charge is 0.262 e. The number of hydrogen-bond acceptors (Lipinski definition) is 6. The zero-order valence-corrected chi connectivity index (χ0v) is 16.6. The van der Waals surface area contributed by atoms with Gasteiger partial charge in [-0.1, -0.05) is 30.3 Å². The third-order valence-corrected chi connectivity index (χ3v) is 5.44. The number of thiophene rings is 1. The Bertz CT molecular complexity index is 1150. The van der Waals surface area contributed by atoms with E-state index in [9.17, 15) is 9.90 Å². The van der Waals surface area contributed by atoms with Crippen LogP contribution in [0.2, 0.25) is 0 Å². The molecular formula is C22H20N2O4S. The number of fused-ring (bicyclic) bond motifs is 1. The third-order valence-electron chi connectivity index (χ3n) is 4.55. The summed E-state index contributed by atoms with van der Waals surface area (Å²) >= 11 is 1.43. The largest absolute Gasteiger partial charge is 0.497 e. The molecule has 0 amide bonds. The summed E-state index contributed by atoms with van der Waals surface area (Å²) in [5.41, 5.74) is 1.57. The molecule has 2 heterocycles. The highest BCUT2D eigenvalue weighted by atomic mass is 32.1. The maximum absolute atomic E-state index is 13.1. The minimum Gasteiger partial charge on any atom is -0.497 e. The molecule has 0 bridgehead atoms. The lowest BCUT2D eigenvalue weighted by Gasteiger charge is -2.14. The first-order valence-electron chi connectivity index (χ1n) is 9.12. The molecule has 0 unspecified atom stereocenters. The number of para-hydroxylation sites is 1. The van der Waals surface area contributed by atoms with Gasteiger partial charge in [-0.25, -0.2) is 4.98 Å². The Morgan fingerprint density at radius 3 is 2.59 bits per heavy atom. The lowest BCUT2D eigenvalue weighted by Crippen LogP contribution is -2.30. The monoisotopic (exact) mass is 408 g/mol. The van der Waals surface area contributed by atoms with Crippen LogP contribution in [0.25, 0.3) is 21.3 Å². The minimum atomic E-state index is -0.838. The van der Waals surface area contributed by atoms with Crippen molar-refractivity contribution < 1.29 is 14.6 Å². The molecule has 1 atom stereocenters. The molecular weight excluding hydrogens is 388 g/mol. The van der Waals surface area contributed by atoms with Gasteiger partial charge < -0.3 is 14.6 Å². The van der Waals surface area contributed by atoms with Crippen LogP contribution in [-0.4, -0.2) is 34.5 Å². The molecule has 0 saturated carbocycles. The topological polar surface area (TPSA) is 73.6 Å². The molecule has 6 nitrogen and oxygen atoms in total. The van der Waals surface area contributed by atoms with Crippen LogP contribution in [0.4, 0.5) is 0 Å². The van der Waals surface area contributed by atoms with Crippen molar-refractivity contribution >= 4 is 21.6 Å². The zero-order chi connectivity index (χ0) is 20.2. The van der Waals surface area contributed by atoms with Crippen LogP contribution >= 0.6 is 11.3 Å². The van der Waals surface area contributed by atoms with Crippen molar-refractivity contribution in [2.75, 3.05) is 13.7 Å². The fraction of sp³-hybridized carbons (Fsp3) is 0.182. The van der Waals surface area contributed by atoms with Crippen molar-refractivity contribution in [3.63, 3.8) is 0 Å². The summed E-state index contributed by atoms with van der Waals surface area (Å²) in [7, 11) is 1.62. The summed E-state index contributed by atoms with van der Waals surface area (Å²) in [6.07, 6.45) is 0.639. The van der Waals surface area contributed by atoms with Crippen molar-refractivity contribution in [3.05, 3.63) is 76.7 Å². The first-order chi connectivity index (χ1) is 14.2. The standard InChI is InChI=1S/C22H20N2O4S/c1-27-17-9-7-15(8-10-17)19-13-29-21-20(19)22(26)24(14-23-21)11-16(25)12-28-18-5-3-2-4-6-18/h2-10,13-14,16,25H,11-12H2,1H3/t16-/m0/s1. The highest BCUT2D eigenvalue weighted by molar-refractivity contribution is 7.17. The van der Waals surface area contributed by atoms with Gasteiger partial charge in [0.05, 0.1) is 25.4 Å². The number of benzene rings is 2. The van der Waals surface area contributed by atoms with Gasteiger partial charge in [-0.05, 0) is 29.8 Å². The molecule has 2 aromatic heterocycles. The van der Waals surface area contributed by atoms with Gasteiger partial charge in [0.2, 0.25) is 0 Å². The molecule has 0 radical (unpaired) electrons. The van der Waals surface area contributed by atoms with E-state index >= 15 is 0 Å². The molecule has 0 saturated heterocycles. The highest BCUT2D eigenvalue weighted by Gasteiger charge is 2.15. The normalized spacial score (nSPS) is 12.1. The molecule has 0 aliphatic carbocycles. The molecule has 0 spiro atoms. The van der Waals surface area contributed by atoms with Crippen LogP contribution in [0, 0.1) is 0 Å². The SMILES string of the molecule is COc1ccc(-c2csc3ncn(C[C@H](O)COc4ccccc4)c(=O)c23)cc1. The number of ether oxygens (including phenoxy) is 2. The van der Waals surface area contributed by atoms with Crippen LogP contribution in [0.5, 0.6) is 11.5 Å². The molecule has 4 rings (SSSR count). The Morgan fingerprint density at radius 1 is 1.10 bits per heavy atom. The predicted octanol–water partition coefficient (Wildman–Crippen LogP) is 3.57. The second kappa shape index (κ2) is 8.46. The average molecular weight is 408 g/mol. The van der Waals surface area contributed by atoms with Crippen molar-refractivity contribution in [1.29, 1.82) is 0 Å². The van der Waals surface area contributed by atoms with Gasteiger partial charge in [-0.15, -0.1) is 11.3 Å². The van der Waals surface area contributed by atoms with Gasteiger partial charge in [0, 0.05) is 10.9 Å². The Balaban J connectivity index is 1.57. The first kappa shape index (κ1) is 19.2. The molecule has 0 aliphatic rings. The third kappa shape index (κ3) is 4.16. The number of aromatic nitrogens is 2. The number of rotatable bonds is 7. The van der Waals surface area contributed by atoms with Crippen LogP contribution in [0.3, 0.4) is 0 Å². The Labute approximate surface area is 171 Å². The molecule has 4 aromatic rings. The van der Waals surface area contributed by atoms with E-state index in [0.29, 0.717) is 16.0 Å². The second-order valence-electron chi connectivity index (χ2n) is 6.54. The summed E-state index contributed by atoms with van der Waals surface area (Å²) in [4.78, 5) is 18.1. The molecule has 29 heavy (non-hydrogen) atoms. The van der Waals surface area contributed by atoms with Crippen molar-refractivity contribution in [2.45, 2.75) is 12.6 Å². The van der Waals surface area contributed by atoms with Gasteiger partial charge in [0.1, 0.15) is 29.0 Å². The van der Waals surface area contributed by atoms with E-state index in [4.69, 9.17) is 9.47 Å². The van der Waals surface area contributed by atoms with Crippen molar-refractivity contribution in [1.82, 2.24) is 9.55 Å². The second-order valence-corrected chi connectivity index (χ2v) is 7.40. The number of aliphatic hydroxyl groups excluding tert-OH is 1. The van der Waals surface area contributed by atoms with Gasteiger partial charge in [0.15, 0.2) is 0 Å². The summed E-state index contributed by atoms with van der Waals surface area (Å²) < 4.78 is 12.2.